The first-order chi connectivity index (χ1) is 15.6. The van der Waals surface area contributed by atoms with Crippen LogP contribution in [0.1, 0.15) is 35.4 Å². The lowest BCUT2D eigenvalue weighted by molar-refractivity contribution is 0.0168. The van der Waals surface area contributed by atoms with Gasteiger partial charge in [-0.2, -0.15) is 0 Å². The summed E-state index contributed by atoms with van der Waals surface area (Å²) in [5.41, 5.74) is 10.8. The molecule has 4 aromatic heterocycles. The molecule has 9 nitrogen and oxygen atoms in total. The lowest BCUT2D eigenvalue weighted by Crippen LogP contribution is -2.36. The smallest absolute Gasteiger partial charge is 0.273 e. The average Bonchev–Trinajstić information content (AvgIpc) is 3.48. The number of carbonyl (C=O) groups excluding carboxylic acids is 1. The van der Waals surface area contributed by atoms with E-state index in [2.05, 4.69) is 25.3 Å². The van der Waals surface area contributed by atoms with Crippen LogP contribution in [0.25, 0.3) is 28.3 Å². The molecule has 1 aliphatic rings. The number of aromatic nitrogens is 5. The van der Waals surface area contributed by atoms with Crippen molar-refractivity contribution >= 4 is 17.4 Å². The Morgan fingerprint density at radius 1 is 1.28 bits per heavy atom. The van der Waals surface area contributed by atoms with Crippen molar-refractivity contribution in [2.45, 2.75) is 32.3 Å². The van der Waals surface area contributed by atoms with Gasteiger partial charge in [0.15, 0.2) is 11.5 Å². The molecule has 0 aliphatic carbocycles. The molecule has 0 radical (unpaired) electrons. The second-order valence-electron chi connectivity index (χ2n) is 7.98. The molecular formula is C23H25N7O2. The van der Waals surface area contributed by atoms with E-state index in [0.717, 1.165) is 48.5 Å². The lowest BCUT2D eigenvalue weighted by atomic mass is 10.1. The topological polar surface area (TPSA) is 123 Å². The van der Waals surface area contributed by atoms with Crippen LogP contribution in [0.5, 0.6) is 0 Å². The van der Waals surface area contributed by atoms with E-state index in [0.29, 0.717) is 17.9 Å². The second kappa shape index (κ2) is 8.43. The molecular weight excluding hydrogens is 406 g/mol. The fourth-order valence-corrected chi connectivity index (χ4v) is 3.98. The number of fused-ring (bicyclic) bond motifs is 1. The summed E-state index contributed by atoms with van der Waals surface area (Å²) in [6.45, 7) is 3.14. The third kappa shape index (κ3) is 3.82. The number of hydrogen-bond donors (Lipinski definition) is 3. The Balaban J connectivity index is 1.54. The van der Waals surface area contributed by atoms with Crippen molar-refractivity contribution in [2.75, 3.05) is 18.9 Å². The van der Waals surface area contributed by atoms with Gasteiger partial charge in [-0.05, 0) is 50.5 Å². The number of pyridine rings is 1. The molecule has 5 heterocycles. The number of aromatic amines is 1. The van der Waals surface area contributed by atoms with Crippen molar-refractivity contribution in [1.29, 1.82) is 0 Å². The number of carbonyl (C=O) groups is 1. The first-order valence-corrected chi connectivity index (χ1v) is 10.8. The number of aryl methyl sites for hydroxylation is 1. The van der Waals surface area contributed by atoms with Gasteiger partial charge in [-0.1, -0.05) is 0 Å². The van der Waals surface area contributed by atoms with E-state index < -0.39 is 0 Å². The van der Waals surface area contributed by atoms with E-state index in [4.69, 9.17) is 10.5 Å². The molecule has 9 heteroatoms. The Morgan fingerprint density at radius 3 is 2.97 bits per heavy atom. The molecule has 1 amide bonds. The van der Waals surface area contributed by atoms with E-state index in [1.165, 1.54) is 0 Å². The summed E-state index contributed by atoms with van der Waals surface area (Å²) in [5.74, 6) is -0.274. The fourth-order valence-electron chi connectivity index (χ4n) is 3.98. The van der Waals surface area contributed by atoms with Gasteiger partial charge in [0.05, 0.1) is 11.8 Å². The molecule has 0 aromatic carbocycles. The Bertz CT molecular complexity index is 1260. The molecule has 4 aromatic rings. The third-order valence-electron chi connectivity index (χ3n) is 5.72. The highest BCUT2D eigenvalue weighted by atomic mass is 16.5. The number of imidazole rings is 1. The van der Waals surface area contributed by atoms with E-state index in [-0.39, 0.29) is 23.5 Å². The van der Waals surface area contributed by atoms with Crippen LogP contribution in [-0.2, 0) is 4.74 Å². The predicted octanol–water partition coefficient (Wildman–Crippen LogP) is 2.98. The average molecular weight is 432 g/mol. The molecule has 1 fully saturated rings. The van der Waals surface area contributed by atoms with E-state index in [1.54, 1.807) is 0 Å². The summed E-state index contributed by atoms with van der Waals surface area (Å²) in [5, 5.41) is 2.91. The number of amides is 1. The van der Waals surface area contributed by atoms with E-state index in [1.807, 2.05) is 54.2 Å². The maximum atomic E-state index is 12.9. The summed E-state index contributed by atoms with van der Waals surface area (Å²) < 4.78 is 7.68. The molecule has 1 atom stereocenters. The highest BCUT2D eigenvalue weighted by molar-refractivity contribution is 5.97. The molecule has 32 heavy (non-hydrogen) atoms. The number of nitrogen functional groups attached to an aromatic ring is 1. The van der Waals surface area contributed by atoms with Gasteiger partial charge in [0.1, 0.15) is 17.0 Å². The maximum absolute atomic E-state index is 12.9. The minimum absolute atomic E-state index is 0.0196. The van der Waals surface area contributed by atoms with Crippen LogP contribution in [0.4, 0.5) is 5.82 Å². The first-order valence-electron chi connectivity index (χ1n) is 10.8. The van der Waals surface area contributed by atoms with Gasteiger partial charge in [0, 0.05) is 43.0 Å². The van der Waals surface area contributed by atoms with Crippen molar-refractivity contribution in [2.24, 2.45) is 0 Å². The minimum Gasteiger partial charge on any atom is -0.382 e. The summed E-state index contributed by atoms with van der Waals surface area (Å²) in [6, 6.07) is 7.62. The van der Waals surface area contributed by atoms with Gasteiger partial charge in [0.25, 0.3) is 5.91 Å². The van der Waals surface area contributed by atoms with Crippen LogP contribution in [-0.4, -0.2) is 49.5 Å². The molecule has 1 saturated heterocycles. The van der Waals surface area contributed by atoms with Crippen LogP contribution in [0.3, 0.4) is 0 Å². The number of nitrogens with one attached hydrogen (secondary N) is 2. The van der Waals surface area contributed by atoms with Crippen LogP contribution >= 0.6 is 0 Å². The summed E-state index contributed by atoms with van der Waals surface area (Å²) in [4.78, 5) is 29.7. The maximum Gasteiger partial charge on any atom is 0.273 e. The second-order valence-corrected chi connectivity index (χ2v) is 7.98. The van der Waals surface area contributed by atoms with Crippen molar-refractivity contribution in [3.05, 3.63) is 54.2 Å². The SMILES string of the molecule is Cc1cnc2ccc(-c3nc(C(=O)NCC4CCCCO4)c(N)nc3-c3ccc[nH]3)cn12. The Kier molecular flexibility index (Phi) is 5.32. The largest absolute Gasteiger partial charge is 0.382 e. The lowest BCUT2D eigenvalue weighted by Gasteiger charge is -2.22. The number of anilines is 1. The molecule has 0 bridgehead atoms. The highest BCUT2D eigenvalue weighted by Crippen LogP contribution is 2.30. The molecule has 5 rings (SSSR count). The first kappa shape index (κ1) is 20.2. The summed E-state index contributed by atoms with van der Waals surface area (Å²) in [6.07, 6.45) is 8.69. The van der Waals surface area contributed by atoms with Gasteiger partial charge in [-0.25, -0.2) is 15.0 Å². The number of hydrogen-bond acceptors (Lipinski definition) is 6. The quantitative estimate of drug-likeness (QED) is 0.446. The van der Waals surface area contributed by atoms with Crippen LogP contribution in [0.15, 0.2) is 42.9 Å². The van der Waals surface area contributed by atoms with Crippen molar-refractivity contribution in [3.8, 4) is 22.6 Å². The zero-order valence-corrected chi connectivity index (χ0v) is 17.8. The number of ether oxygens (including phenoxy) is 1. The number of rotatable bonds is 5. The predicted molar refractivity (Wildman–Crippen MR) is 121 cm³/mol. The zero-order chi connectivity index (χ0) is 22.1. The number of nitrogens with two attached hydrogens (primary N) is 1. The van der Waals surface area contributed by atoms with Gasteiger partial charge in [-0.3, -0.25) is 4.79 Å². The summed E-state index contributed by atoms with van der Waals surface area (Å²) in [7, 11) is 0. The Labute approximate surface area is 185 Å². The van der Waals surface area contributed by atoms with Crippen LogP contribution < -0.4 is 11.1 Å². The summed E-state index contributed by atoms with van der Waals surface area (Å²) >= 11 is 0. The van der Waals surface area contributed by atoms with Crippen LogP contribution in [0, 0.1) is 6.92 Å². The highest BCUT2D eigenvalue weighted by Gasteiger charge is 2.22. The Morgan fingerprint density at radius 2 is 2.19 bits per heavy atom. The minimum atomic E-state index is -0.358. The molecule has 1 aliphatic heterocycles. The van der Waals surface area contributed by atoms with Gasteiger partial charge >= 0.3 is 0 Å². The standard InChI is InChI=1S/C23H25N7O2/c1-14-11-26-18-8-7-15(13-30(14)18)19-20(17-6-4-9-25-17)29-22(24)21(28-19)23(31)27-12-16-5-2-3-10-32-16/h4,6-9,11,13,16,25H,2-3,5,10,12H2,1H3,(H2,24,29)(H,27,31). The van der Waals surface area contributed by atoms with E-state index in [9.17, 15) is 4.79 Å². The van der Waals surface area contributed by atoms with Gasteiger partial charge in [0.2, 0.25) is 0 Å². The number of H-pyrrole nitrogens is 1. The van der Waals surface area contributed by atoms with Crippen molar-refractivity contribution in [1.82, 2.24) is 29.7 Å². The molecule has 0 saturated carbocycles. The van der Waals surface area contributed by atoms with Gasteiger partial charge in [-0.15, -0.1) is 0 Å². The Hall–Kier alpha value is -3.72. The van der Waals surface area contributed by atoms with E-state index >= 15 is 0 Å². The van der Waals surface area contributed by atoms with Crippen LogP contribution in [0.2, 0.25) is 0 Å². The number of nitrogens with zero attached hydrogens (tertiary/aromatic N) is 4. The normalized spacial score (nSPS) is 16.3. The van der Waals surface area contributed by atoms with Crippen molar-refractivity contribution in [3.63, 3.8) is 0 Å². The fraction of sp³-hybridized carbons (Fsp3) is 0.304. The molecule has 164 valence electrons. The third-order valence-corrected chi connectivity index (χ3v) is 5.72. The monoisotopic (exact) mass is 431 g/mol. The molecule has 1 unspecified atom stereocenters. The van der Waals surface area contributed by atoms with Gasteiger partial charge < -0.3 is 25.2 Å². The zero-order valence-electron chi connectivity index (χ0n) is 17.8. The molecule has 4 N–H and O–H groups in total. The molecule has 0 spiro atoms. The van der Waals surface area contributed by atoms with Crippen molar-refractivity contribution < 1.29 is 9.53 Å².